The quantitative estimate of drug-likeness (QED) is 0.417. The number of nitrogens with zero attached hydrogens (tertiary/aromatic N) is 3. The van der Waals surface area contributed by atoms with Crippen molar-refractivity contribution in [2.45, 2.75) is 31.7 Å². The number of hydrogen-bond donors (Lipinski definition) is 3. The molecule has 0 bridgehead atoms. The van der Waals surface area contributed by atoms with E-state index in [0.717, 1.165) is 44.4 Å². The first-order valence-electron chi connectivity index (χ1n) is 11.9. The van der Waals surface area contributed by atoms with Crippen LogP contribution in [0.1, 0.15) is 36.0 Å². The Morgan fingerprint density at radius 1 is 1.14 bits per heavy atom. The molecule has 3 heterocycles. The highest BCUT2D eigenvalue weighted by Crippen LogP contribution is 2.24. The van der Waals surface area contributed by atoms with Crippen LogP contribution in [0, 0.1) is 0 Å². The summed E-state index contributed by atoms with van der Waals surface area (Å²) >= 11 is 0. The van der Waals surface area contributed by atoms with Crippen LogP contribution in [0.25, 0.3) is 16.9 Å². The van der Waals surface area contributed by atoms with E-state index in [1.54, 1.807) is 30.5 Å². The SMILES string of the molecule is O=C(NC1CCC1)c1ccc2nc(-c3cccc(NS(=O)(=O)NCCN4CCCOC4)c3)cn2c1. The van der Waals surface area contributed by atoms with Crippen LogP contribution in [0.15, 0.2) is 48.8 Å². The van der Waals surface area contributed by atoms with Gasteiger partial charge in [0.25, 0.3) is 16.1 Å². The molecule has 1 saturated heterocycles. The fourth-order valence-electron chi connectivity index (χ4n) is 4.18. The van der Waals surface area contributed by atoms with Crippen molar-refractivity contribution in [1.29, 1.82) is 0 Å². The van der Waals surface area contributed by atoms with Crippen LogP contribution < -0.4 is 14.8 Å². The van der Waals surface area contributed by atoms with Gasteiger partial charge in [0.05, 0.1) is 23.7 Å². The predicted molar refractivity (Wildman–Crippen MR) is 133 cm³/mol. The van der Waals surface area contributed by atoms with Gasteiger partial charge in [-0.25, -0.2) is 4.98 Å². The Morgan fingerprint density at radius 2 is 2.03 bits per heavy atom. The van der Waals surface area contributed by atoms with E-state index in [1.807, 2.05) is 22.7 Å². The first-order valence-corrected chi connectivity index (χ1v) is 13.4. The molecule has 2 aliphatic rings. The number of benzene rings is 1. The molecule has 11 heteroatoms. The molecule has 5 rings (SSSR count). The molecule has 1 amide bonds. The Morgan fingerprint density at radius 3 is 2.80 bits per heavy atom. The van der Waals surface area contributed by atoms with Crippen LogP contribution in [0.4, 0.5) is 5.69 Å². The monoisotopic (exact) mass is 498 g/mol. The number of imidazole rings is 1. The highest BCUT2D eigenvalue weighted by Gasteiger charge is 2.20. The van der Waals surface area contributed by atoms with Crippen molar-refractivity contribution in [3.63, 3.8) is 0 Å². The zero-order valence-corrected chi connectivity index (χ0v) is 20.3. The van der Waals surface area contributed by atoms with Crippen molar-refractivity contribution in [3.8, 4) is 11.3 Å². The molecule has 2 fully saturated rings. The maximum atomic E-state index is 12.5. The third-order valence-electron chi connectivity index (χ3n) is 6.32. The minimum Gasteiger partial charge on any atom is -0.366 e. The molecule has 3 N–H and O–H groups in total. The van der Waals surface area contributed by atoms with E-state index in [9.17, 15) is 13.2 Å². The van der Waals surface area contributed by atoms with E-state index in [-0.39, 0.29) is 11.9 Å². The fourth-order valence-corrected chi connectivity index (χ4v) is 5.05. The highest BCUT2D eigenvalue weighted by molar-refractivity contribution is 7.90. The Balaban J connectivity index is 1.24. The smallest absolute Gasteiger partial charge is 0.299 e. The molecule has 1 saturated carbocycles. The number of fused-ring (bicyclic) bond motifs is 1. The van der Waals surface area contributed by atoms with Gasteiger partial charge in [-0.15, -0.1) is 0 Å². The Kier molecular flexibility index (Phi) is 7.00. The normalized spacial score (nSPS) is 17.3. The summed E-state index contributed by atoms with van der Waals surface area (Å²) in [6, 6.07) is 10.9. The summed E-state index contributed by atoms with van der Waals surface area (Å²) in [7, 11) is -3.72. The molecule has 10 nitrogen and oxygen atoms in total. The van der Waals surface area contributed by atoms with Crippen molar-refractivity contribution in [3.05, 3.63) is 54.4 Å². The predicted octanol–water partition coefficient (Wildman–Crippen LogP) is 2.21. The second-order valence-corrected chi connectivity index (χ2v) is 10.5. The molecule has 0 atom stereocenters. The molecule has 1 aromatic carbocycles. The number of aromatic nitrogens is 2. The summed E-state index contributed by atoms with van der Waals surface area (Å²) in [5.41, 5.74) is 3.17. The molecule has 0 radical (unpaired) electrons. The summed E-state index contributed by atoms with van der Waals surface area (Å²) < 4.78 is 37.4. The second-order valence-electron chi connectivity index (χ2n) is 9.00. The van der Waals surface area contributed by atoms with Crippen LogP contribution in [-0.2, 0) is 14.9 Å². The maximum Gasteiger partial charge on any atom is 0.299 e. The fraction of sp³-hybridized carbons (Fsp3) is 0.417. The van der Waals surface area contributed by atoms with Crippen LogP contribution in [0.2, 0.25) is 0 Å². The van der Waals surface area contributed by atoms with Gasteiger partial charge < -0.3 is 14.5 Å². The molecule has 35 heavy (non-hydrogen) atoms. The summed E-state index contributed by atoms with van der Waals surface area (Å²) in [6.45, 7) is 3.07. The van der Waals surface area contributed by atoms with E-state index in [1.165, 1.54) is 0 Å². The lowest BCUT2D eigenvalue weighted by Crippen LogP contribution is -2.40. The van der Waals surface area contributed by atoms with Gasteiger partial charge in [-0.3, -0.25) is 14.4 Å². The largest absolute Gasteiger partial charge is 0.366 e. The number of anilines is 1. The summed E-state index contributed by atoms with van der Waals surface area (Å²) in [5.74, 6) is -0.0800. The zero-order valence-electron chi connectivity index (χ0n) is 19.4. The first kappa shape index (κ1) is 23.7. The Hall–Kier alpha value is -2.99. The minimum absolute atomic E-state index is 0.0800. The number of carbonyl (C=O) groups excluding carboxylic acids is 1. The topological polar surface area (TPSA) is 117 Å². The molecule has 2 aromatic heterocycles. The van der Waals surface area contributed by atoms with Gasteiger partial charge in [-0.1, -0.05) is 12.1 Å². The number of carbonyl (C=O) groups is 1. The standard InChI is InChI=1S/C24H30N6O4S/c31-24(26-20-5-2-6-20)19-8-9-23-27-22(16-30(23)15-19)18-4-1-7-21(14-18)28-35(32,33)25-10-12-29-11-3-13-34-17-29/h1,4,7-9,14-16,20,25,28H,2-3,5-6,10-13,17H2,(H,26,31). The maximum absolute atomic E-state index is 12.5. The third kappa shape index (κ3) is 5.99. The van der Waals surface area contributed by atoms with Crippen molar-refractivity contribution in [2.24, 2.45) is 0 Å². The number of ether oxygens (including phenoxy) is 1. The first-order chi connectivity index (χ1) is 16.9. The van der Waals surface area contributed by atoms with E-state index in [0.29, 0.717) is 42.4 Å². The van der Waals surface area contributed by atoms with Crippen molar-refractivity contribution in [1.82, 2.24) is 24.3 Å². The van der Waals surface area contributed by atoms with E-state index in [2.05, 4.69) is 24.6 Å². The van der Waals surface area contributed by atoms with Gasteiger partial charge >= 0.3 is 0 Å². The second kappa shape index (κ2) is 10.3. The summed E-state index contributed by atoms with van der Waals surface area (Å²) in [6.07, 6.45) is 7.79. The number of pyridine rings is 1. The van der Waals surface area contributed by atoms with E-state index >= 15 is 0 Å². The van der Waals surface area contributed by atoms with Gasteiger partial charge in [-0.05, 0) is 49.9 Å². The lowest BCUT2D eigenvalue weighted by molar-refractivity contribution is -0.0118. The molecule has 1 aliphatic heterocycles. The number of nitrogens with one attached hydrogen (secondary N) is 3. The van der Waals surface area contributed by atoms with Crippen LogP contribution in [0.5, 0.6) is 0 Å². The molecule has 3 aromatic rings. The highest BCUT2D eigenvalue weighted by atomic mass is 32.2. The third-order valence-corrected chi connectivity index (χ3v) is 7.41. The molecule has 1 aliphatic carbocycles. The van der Waals surface area contributed by atoms with Crippen LogP contribution in [-0.4, -0.2) is 67.6 Å². The summed E-state index contributed by atoms with van der Waals surface area (Å²) in [5, 5.41) is 3.05. The van der Waals surface area contributed by atoms with Gasteiger partial charge in [0.2, 0.25) is 0 Å². The van der Waals surface area contributed by atoms with Gasteiger partial charge in [0.1, 0.15) is 5.65 Å². The minimum atomic E-state index is -3.72. The van der Waals surface area contributed by atoms with Gasteiger partial charge in [-0.2, -0.15) is 13.1 Å². The van der Waals surface area contributed by atoms with E-state index < -0.39 is 10.2 Å². The molecular weight excluding hydrogens is 468 g/mol. The average Bonchev–Trinajstić information content (AvgIpc) is 3.25. The summed E-state index contributed by atoms with van der Waals surface area (Å²) in [4.78, 5) is 19.2. The lowest BCUT2D eigenvalue weighted by atomic mass is 9.93. The van der Waals surface area contributed by atoms with Crippen molar-refractivity contribution < 1.29 is 17.9 Å². The van der Waals surface area contributed by atoms with Gasteiger partial charge in [0.15, 0.2) is 0 Å². The average molecular weight is 499 g/mol. The number of hydrogen-bond acceptors (Lipinski definition) is 6. The number of amides is 1. The van der Waals surface area contributed by atoms with Crippen LogP contribution >= 0.6 is 0 Å². The molecule has 0 unspecified atom stereocenters. The zero-order chi connectivity index (χ0) is 24.3. The lowest BCUT2D eigenvalue weighted by Gasteiger charge is -2.26. The number of rotatable bonds is 9. The van der Waals surface area contributed by atoms with Crippen molar-refractivity contribution in [2.75, 3.05) is 37.7 Å². The van der Waals surface area contributed by atoms with E-state index in [4.69, 9.17) is 4.74 Å². The Labute approximate surface area is 204 Å². The molecule has 0 spiro atoms. The molecule has 186 valence electrons. The molecular formula is C24H30N6O4S. The van der Waals surface area contributed by atoms with Gasteiger partial charge in [0, 0.05) is 50.2 Å². The van der Waals surface area contributed by atoms with Crippen LogP contribution in [0.3, 0.4) is 0 Å². The Bertz CT molecular complexity index is 1300. The van der Waals surface area contributed by atoms with Crippen molar-refractivity contribution >= 4 is 27.5 Å².